The van der Waals surface area contributed by atoms with Gasteiger partial charge < -0.3 is 15.2 Å². The molecule has 0 spiro atoms. The van der Waals surface area contributed by atoms with Gasteiger partial charge in [0, 0.05) is 6.92 Å². The number of anilines is 1. The van der Waals surface area contributed by atoms with Crippen molar-refractivity contribution in [2.75, 3.05) is 5.32 Å². The number of ether oxygens (including phenoxy) is 1. The minimum atomic E-state index is -0.402. The van der Waals surface area contributed by atoms with Crippen LogP contribution in [-0.4, -0.2) is 23.2 Å². The van der Waals surface area contributed by atoms with E-state index in [1.807, 2.05) is 12.1 Å². The molecule has 2 rings (SSSR count). The standard InChI is InChI=1S/C13H17NO3/c1-9(15)14-10-5-2-3-7-12(10)17-13-8-4-6-11(13)16/h2-3,5,7,11,13,16H,4,6,8H2,1H3,(H,14,15)/t11-,13-/m0/s1. The van der Waals surface area contributed by atoms with Gasteiger partial charge in [-0.05, 0) is 31.4 Å². The van der Waals surface area contributed by atoms with E-state index in [1.54, 1.807) is 12.1 Å². The van der Waals surface area contributed by atoms with Crippen LogP contribution < -0.4 is 10.1 Å². The summed E-state index contributed by atoms with van der Waals surface area (Å²) in [6.45, 7) is 1.46. The number of amides is 1. The van der Waals surface area contributed by atoms with Crippen LogP contribution in [0.2, 0.25) is 0 Å². The van der Waals surface area contributed by atoms with Crippen LogP contribution in [0.4, 0.5) is 5.69 Å². The molecular weight excluding hydrogens is 218 g/mol. The quantitative estimate of drug-likeness (QED) is 0.841. The number of hydrogen-bond donors (Lipinski definition) is 2. The lowest BCUT2D eigenvalue weighted by molar-refractivity contribution is -0.114. The first-order chi connectivity index (χ1) is 8.16. The average molecular weight is 235 g/mol. The van der Waals surface area contributed by atoms with E-state index in [0.29, 0.717) is 11.4 Å². The summed E-state index contributed by atoms with van der Waals surface area (Å²) in [5.41, 5.74) is 0.652. The maximum absolute atomic E-state index is 11.1. The summed E-state index contributed by atoms with van der Waals surface area (Å²) in [5.74, 6) is 0.488. The lowest BCUT2D eigenvalue weighted by Crippen LogP contribution is -2.26. The number of para-hydroxylation sites is 2. The van der Waals surface area contributed by atoms with Gasteiger partial charge in [0.15, 0.2) is 0 Å². The third-order valence-electron chi connectivity index (χ3n) is 2.89. The van der Waals surface area contributed by atoms with Gasteiger partial charge in [-0.25, -0.2) is 0 Å². The lowest BCUT2D eigenvalue weighted by Gasteiger charge is -2.19. The Hall–Kier alpha value is -1.55. The first-order valence-electron chi connectivity index (χ1n) is 5.88. The molecular formula is C13H17NO3. The third kappa shape index (κ3) is 2.97. The van der Waals surface area contributed by atoms with E-state index in [2.05, 4.69) is 5.32 Å². The Bertz CT molecular complexity index is 405. The van der Waals surface area contributed by atoms with Gasteiger partial charge in [0.25, 0.3) is 0 Å². The first kappa shape index (κ1) is 11.9. The van der Waals surface area contributed by atoms with Crippen LogP contribution in [-0.2, 0) is 4.79 Å². The van der Waals surface area contributed by atoms with E-state index < -0.39 is 6.10 Å². The van der Waals surface area contributed by atoms with E-state index >= 15 is 0 Å². The maximum atomic E-state index is 11.1. The molecule has 1 aliphatic rings. The normalized spacial score (nSPS) is 23.4. The predicted molar refractivity (Wildman–Crippen MR) is 65.0 cm³/mol. The molecule has 1 saturated carbocycles. The van der Waals surface area contributed by atoms with E-state index in [9.17, 15) is 9.90 Å². The van der Waals surface area contributed by atoms with Crippen LogP contribution in [0.15, 0.2) is 24.3 Å². The molecule has 92 valence electrons. The molecule has 1 aromatic rings. The van der Waals surface area contributed by atoms with Gasteiger partial charge in [0.05, 0.1) is 11.8 Å². The SMILES string of the molecule is CC(=O)Nc1ccccc1O[C@H]1CCC[C@@H]1O. The molecule has 1 aromatic carbocycles. The molecule has 1 aliphatic carbocycles. The van der Waals surface area contributed by atoms with Crippen LogP contribution in [0.1, 0.15) is 26.2 Å². The second-order valence-electron chi connectivity index (χ2n) is 4.33. The molecule has 4 heteroatoms. The fraction of sp³-hybridized carbons (Fsp3) is 0.462. The molecule has 17 heavy (non-hydrogen) atoms. The monoisotopic (exact) mass is 235 g/mol. The molecule has 4 nitrogen and oxygen atoms in total. The second-order valence-corrected chi connectivity index (χ2v) is 4.33. The third-order valence-corrected chi connectivity index (χ3v) is 2.89. The summed E-state index contributed by atoms with van der Waals surface area (Å²) < 4.78 is 5.75. The molecule has 0 radical (unpaired) electrons. The Morgan fingerprint density at radius 3 is 2.82 bits per heavy atom. The number of carbonyl (C=O) groups excluding carboxylic acids is 1. The Morgan fingerprint density at radius 1 is 1.41 bits per heavy atom. The number of benzene rings is 1. The zero-order valence-corrected chi connectivity index (χ0v) is 9.85. The number of hydrogen-bond acceptors (Lipinski definition) is 3. The van der Waals surface area contributed by atoms with Gasteiger partial charge in [-0.15, -0.1) is 0 Å². The highest BCUT2D eigenvalue weighted by Crippen LogP contribution is 2.29. The predicted octanol–water partition coefficient (Wildman–Crippen LogP) is 1.94. The van der Waals surface area contributed by atoms with Crippen molar-refractivity contribution < 1.29 is 14.6 Å². The minimum absolute atomic E-state index is 0.131. The Morgan fingerprint density at radius 2 is 2.18 bits per heavy atom. The Kier molecular flexibility index (Phi) is 3.64. The van der Waals surface area contributed by atoms with Gasteiger partial charge in [0.1, 0.15) is 11.9 Å². The highest BCUT2D eigenvalue weighted by Gasteiger charge is 2.27. The molecule has 1 amide bonds. The van der Waals surface area contributed by atoms with Crippen molar-refractivity contribution in [3.8, 4) is 5.75 Å². The summed E-state index contributed by atoms with van der Waals surface area (Å²) in [5, 5.41) is 12.4. The molecule has 0 aliphatic heterocycles. The summed E-state index contributed by atoms with van der Waals surface area (Å²) in [7, 11) is 0. The minimum Gasteiger partial charge on any atom is -0.486 e. The van der Waals surface area contributed by atoms with Crippen molar-refractivity contribution in [3.63, 3.8) is 0 Å². The van der Waals surface area contributed by atoms with E-state index in [-0.39, 0.29) is 12.0 Å². The van der Waals surface area contributed by atoms with Gasteiger partial charge in [-0.2, -0.15) is 0 Å². The number of nitrogens with one attached hydrogen (secondary N) is 1. The van der Waals surface area contributed by atoms with Crippen LogP contribution >= 0.6 is 0 Å². The first-order valence-corrected chi connectivity index (χ1v) is 5.88. The summed E-state index contributed by atoms with van der Waals surface area (Å²) in [6.07, 6.45) is 2.06. The molecule has 0 saturated heterocycles. The van der Waals surface area contributed by atoms with Crippen molar-refractivity contribution >= 4 is 11.6 Å². The van der Waals surface area contributed by atoms with Crippen LogP contribution in [0.25, 0.3) is 0 Å². The topological polar surface area (TPSA) is 58.6 Å². The van der Waals surface area contributed by atoms with E-state index in [4.69, 9.17) is 4.74 Å². The van der Waals surface area contributed by atoms with Gasteiger partial charge in [-0.1, -0.05) is 12.1 Å². The van der Waals surface area contributed by atoms with Crippen LogP contribution in [0.3, 0.4) is 0 Å². The fourth-order valence-corrected chi connectivity index (χ4v) is 2.07. The highest BCUT2D eigenvalue weighted by atomic mass is 16.5. The van der Waals surface area contributed by atoms with Gasteiger partial charge in [0.2, 0.25) is 5.91 Å². The number of rotatable bonds is 3. The molecule has 0 unspecified atom stereocenters. The maximum Gasteiger partial charge on any atom is 0.221 e. The highest BCUT2D eigenvalue weighted by molar-refractivity contribution is 5.90. The van der Waals surface area contributed by atoms with Crippen molar-refractivity contribution in [3.05, 3.63) is 24.3 Å². The largest absolute Gasteiger partial charge is 0.486 e. The zero-order chi connectivity index (χ0) is 12.3. The van der Waals surface area contributed by atoms with E-state index in [0.717, 1.165) is 19.3 Å². The van der Waals surface area contributed by atoms with Crippen molar-refractivity contribution in [2.45, 2.75) is 38.4 Å². The Balaban J connectivity index is 2.11. The second kappa shape index (κ2) is 5.19. The van der Waals surface area contributed by atoms with Gasteiger partial charge in [-0.3, -0.25) is 4.79 Å². The molecule has 0 bridgehead atoms. The smallest absolute Gasteiger partial charge is 0.221 e. The molecule has 2 N–H and O–H groups in total. The lowest BCUT2D eigenvalue weighted by atomic mass is 10.2. The number of carbonyl (C=O) groups is 1. The number of aliphatic hydroxyl groups excluding tert-OH is 1. The van der Waals surface area contributed by atoms with Crippen LogP contribution in [0, 0.1) is 0 Å². The van der Waals surface area contributed by atoms with Crippen molar-refractivity contribution in [1.29, 1.82) is 0 Å². The Labute approximate surface area is 101 Å². The molecule has 0 aromatic heterocycles. The van der Waals surface area contributed by atoms with E-state index in [1.165, 1.54) is 6.92 Å². The number of aliphatic hydroxyl groups is 1. The molecule has 1 fully saturated rings. The summed E-state index contributed by atoms with van der Waals surface area (Å²) in [6, 6.07) is 7.28. The van der Waals surface area contributed by atoms with Crippen molar-refractivity contribution in [2.24, 2.45) is 0 Å². The average Bonchev–Trinajstić information content (AvgIpc) is 2.67. The summed E-state index contributed by atoms with van der Waals surface area (Å²) in [4.78, 5) is 11.1. The molecule has 0 heterocycles. The van der Waals surface area contributed by atoms with Gasteiger partial charge >= 0.3 is 0 Å². The summed E-state index contributed by atoms with van der Waals surface area (Å²) >= 11 is 0. The molecule has 2 atom stereocenters. The zero-order valence-electron chi connectivity index (χ0n) is 9.85. The van der Waals surface area contributed by atoms with Crippen molar-refractivity contribution in [1.82, 2.24) is 0 Å². The fourth-order valence-electron chi connectivity index (χ4n) is 2.07. The van der Waals surface area contributed by atoms with Crippen LogP contribution in [0.5, 0.6) is 5.75 Å².